The Labute approximate surface area is 162 Å². The molecule has 2 aromatic carbocycles. The molecule has 0 fully saturated rings. The van der Waals surface area contributed by atoms with Gasteiger partial charge in [-0.05, 0) is 43.7 Å². The van der Waals surface area contributed by atoms with Gasteiger partial charge in [-0.2, -0.15) is 0 Å². The van der Waals surface area contributed by atoms with Crippen molar-refractivity contribution >= 4 is 16.9 Å². The average Bonchev–Trinajstić information content (AvgIpc) is 3.40. The van der Waals surface area contributed by atoms with E-state index in [0.29, 0.717) is 12.1 Å². The van der Waals surface area contributed by atoms with Crippen LogP contribution in [0.1, 0.15) is 34.3 Å². The fourth-order valence-electron chi connectivity index (χ4n) is 3.85. The van der Waals surface area contributed by atoms with Gasteiger partial charge < -0.3 is 9.88 Å². The predicted octanol–water partition coefficient (Wildman–Crippen LogP) is 2.80. The topological polar surface area (TPSA) is 77.6 Å². The minimum Gasteiger partial charge on any atom is -0.345 e. The lowest BCUT2D eigenvalue weighted by Crippen LogP contribution is -2.24. The molecule has 5 rings (SSSR count). The number of amides is 1. The number of carbonyl (C=O) groups is 1. The number of fused-ring (bicyclic) bond motifs is 2. The molecule has 0 atom stereocenters. The van der Waals surface area contributed by atoms with Crippen LogP contribution in [-0.2, 0) is 19.5 Å². The molecule has 3 heterocycles. The van der Waals surface area contributed by atoms with E-state index in [1.165, 1.54) is 0 Å². The molecule has 1 aliphatic rings. The van der Waals surface area contributed by atoms with Crippen LogP contribution in [-0.4, -0.2) is 30.2 Å². The maximum atomic E-state index is 12.6. The first kappa shape index (κ1) is 16.7. The number of rotatable bonds is 4. The molecule has 4 aromatic rings. The SMILES string of the molecule is Cc1nc2cc(C(=O)NCc3nnc4n3CCC4)ccc2n1-c1ccccc1. The van der Waals surface area contributed by atoms with E-state index in [9.17, 15) is 4.79 Å². The lowest BCUT2D eigenvalue weighted by molar-refractivity contribution is 0.0949. The molecule has 7 nitrogen and oxygen atoms in total. The van der Waals surface area contributed by atoms with Crippen molar-refractivity contribution in [3.05, 3.63) is 71.6 Å². The number of aromatic nitrogens is 5. The molecule has 0 saturated heterocycles. The number of benzene rings is 2. The molecule has 0 bridgehead atoms. The van der Waals surface area contributed by atoms with E-state index in [0.717, 1.165) is 53.6 Å². The maximum absolute atomic E-state index is 12.6. The predicted molar refractivity (Wildman–Crippen MR) is 105 cm³/mol. The highest BCUT2D eigenvalue weighted by atomic mass is 16.1. The van der Waals surface area contributed by atoms with Crippen LogP contribution in [0.25, 0.3) is 16.7 Å². The number of nitrogens with zero attached hydrogens (tertiary/aromatic N) is 5. The Bertz CT molecular complexity index is 1170. The van der Waals surface area contributed by atoms with E-state index >= 15 is 0 Å². The third-order valence-corrected chi connectivity index (χ3v) is 5.19. The smallest absolute Gasteiger partial charge is 0.251 e. The van der Waals surface area contributed by atoms with E-state index in [2.05, 4.69) is 29.6 Å². The Morgan fingerprint density at radius 1 is 1.14 bits per heavy atom. The summed E-state index contributed by atoms with van der Waals surface area (Å²) in [6.45, 7) is 3.27. The fourth-order valence-corrected chi connectivity index (χ4v) is 3.85. The fraction of sp³-hybridized carbons (Fsp3) is 0.238. The molecule has 0 aliphatic carbocycles. The van der Waals surface area contributed by atoms with Crippen molar-refractivity contribution in [3.8, 4) is 5.69 Å². The average molecular weight is 372 g/mol. The molecule has 140 valence electrons. The summed E-state index contributed by atoms with van der Waals surface area (Å²) < 4.78 is 4.19. The molecule has 2 aromatic heterocycles. The highest BCUT2D eigenvalue weighted by Crippen LogP contribution is 2.22. The van der Waals surface area contributed by atoms with Crippen molar-refractivity contribution in [1.82, 2.24) is 29.6 Å². The van der Waals surface area contributed by atoms with Gasteiger partial charge in [0.05, 0.1) is 17.6 Å². The summed E-state index contributed by atoms with van der Waals surface area (Å²) in [5, 5.41) is 11.3. The summed E-state index contributed by atoms with van der Waals surface area (Å²) in [7, 11) is 0. The second-order valence-electron chi connectivity index (χ2n) is 7.00. The number of hydrogen-bond donors (Lipinski definition) is 1. The molecule has 0 spiro atoms. The number of para-hydroxylation sites is 1. The molecule has 0 saturated carbocycles. The first-order valence-corrected chi connectivity index (χ1v) is 9.44. The molecule has 28 heavy (non-hydrogen) atoms. The van der Waals surface area contributed by atoms with Crippen molar-refractivity contribution in [2.24, 2.45) is 0 Å². The first-order chi connectivity index (χ1) is 13.7. The first-order valence-electron chi connectivity index (χ1n) is 9.44. The van der Waals surface area contributed by atoms with E-state index in [1.54, 1.807) is 0 Å². The number of imidazole rings is 1. The van der Waals surface area contributed by atoms with Gasteiger partial charge in [0.15, 0.2) is 5.82 Å². The van der Waals surface area contributed by atoms with Gasteiger partial charge in [-0.1, -0.05) is 18.2 Å². The largest absolute Gasteiger partial charge is 0.345 e. The zero-order valence-corrected chi connectivity index (χ0v) is 15.6. The third kappa shape index (κ3) is 2.76. The highest BCUT2D eigenvalue weighted by Gasteiger charge is 2.18. The quantitative estimate of drug-likeness (QED) is 0.598. The second kappa shape index (κ2) is 6.60. The summed E-state index contributed by atoms with van der Waals surface area (Å²) >= 11 is 0. The van der Waals surface area contributed by atoms with Crippen molar-refractivity contribution in [2.75, 3.05) is 0 Å². The van der Waals surface area contributed by atoms with Crippen LogP contribution >= 0.6 is 0 Å². The summed E-state index contributed by atoms with van der Waals surface area (Å²) in [5.74, 6) is 2.57. The summed E-state index contributed by atoms with van der Waals surface area (Å²) in [4.78, 5) is 17.3. The van der Waals surface area contributed by atoms with Crippen molar-refractivity contribution in [1.29, 1.82) is 0 Å². The summed E-state index contributed by atoms with van der Waals surface area (Å²) in [6, 6.07) is 15.7. The standard InChI is InChI=1S/C21H20N6O/c1-14-23-17-12-15(9-10-18(17)27(14)16-6-3-2-4-7-16)21(28)22-13-20-25-24-19-8-5-11-26(19)20/h2-4,6-7,9-10,12H,5,8,11,13H2,1H3,(H,22,28). The van der Waals surface area contributed by atoms with Crippen LogP contribution in [0.15, 0.2) is 48.5 Å². The molecule has 1 aliphatic heterocycles. The van der Waals surface area contributed by atoms with E-state index in [-0.39, 0.29) is 5.91 Å². The Morgan fingerprint density at radius 2 is 2.00 bits per heavy atom. The van der Waals surface area contributed by atoms with Crippen LogP contribution in [0.5, 0.6) is 0 Å². The minimum atomic E-state index is -0.135. The van der Waals surface area contributed by atoms with E-state index in [4.69, 9.17) is 0 Å². The van der Waals surface area contributed by atoms with Crippen LogP contribution in [0, 0.1) is 6.92 Å². The van der Waals surface area contributed by atoms with Crippen molar-refractivity contribution < 1.29 is 4.79 Å². The molecule has 1 N–H and O–H groups in total. The number of hydrogen-bond acceptors (Lipinski definition) is 4. The molecular formula is C21H20N6O. The lowest BCUT2D eigenvalue weighted by atomic mass is 10.2. The number of aryl methyl sites for hydroxylation is 2. The van der Waals surface area contributed by atoms with Gasteiger partial charge in [0.25, 0.3) is 5.91 Å². The normalized spacial score (nSPS) is 13.0. The Morgan fingerprint density at radius 3 is 2.86 bits per heavy atom. The maximum Gasteiger partial charge on any atom is 0.251 e. The van der Waals surface area contributed by atoms with Crippen molar-refractivity contribution in [2.45, 2.75) is 32.9 Å². The van der Waals surface area contributed by atoms with Gasteiger partial charge in [0, 0.05) is 24.2 Å². The lowest BCUT2D eigenvalue weighted by Gasteiger charge is -2.08. The van der Waals surface area contributed by atoms with Crippen LogP contribution in [0.3, 0.4) is 0 Å². The van der Waals surface area contributed by atoms with E-state index < -0.39 is 0 Å². The van der Waals surface area contributed by atoms with Crippen LogP contribution < -0.4 is 5.32 Å². The zero-order valence-electron chi connectivity index (χ0n) is 15.6. The summed E-state index contributed by atoms with van der Waals surface area (Å²) in [5.41, 5.74) is 3.43. The summed E-state index contributed by atoms with van der Waals surface area (Å²) in [6.07, 6.45) is 2.05. The van der Waals surface area contributed by atoms with Gasteiger partial charge in [-0.3, -0.25) is 9.36 Å². The molecule has 0 radical (unpaired) electrons. The minimum absolute atomic E-state index is 0.135. The van der Waals surface area contributed by atoms with Gasteiger partial charge in [0.2, 0.25) is 0 Å². The van der Waals surface area contributed by atoms with Crippen LogP contribution in [0.4, 0.5) is 0 Å². The Balaban J connectivity index is 1.40. The Hall–Kier alpha value is -3.48. The van der Waals surface area contributed by atoms with Gasteiger partial charge >= 0.3 is 0 Å². The zero-order chi connectivity index (χ0) is 19.1. The van der Waals surface area contributed by atoms with Crippen molar-refractivity contribution in [3.63, 3.8) is 0 Å². The number of carbonyl (C=O) groups excluding carboxylic acids is 1. The third-order valence-electron chi connectivity index (χ3n) is 5.19. The molecule has 0 unspecified atom stereocenters. The second-order valence-corrected chi connectivity index (χ2v) is 7.00. The van der Waals surface area contributed by atoms with Crippen LogP contribution in [0.2, 0.25) is 0 Å². The molecular weight excluding hydrogens is 352 g/mol. The highest BCUT2D eigenvalue weighted by molar-refractivity contribution is 5.97. The Kier molecular flexibility index (Phi) is 3.93. The molecule has 1 amide bonds. The monoisotopic (exact) mass is 372 g/mol. The van der Waals surface area contributed by atoms with Gasteiger partial charge in [-0.15, -0.1) is 10.2 Å². The van der Waals surface area contributed by atoms with E-state index in [1.807, 2.05) is 55.5 Å². The number of nitrogens with one attached hydrogen (secondary N) is 1. The molecule has 7 heteroatoms. The van der Waals surface area contributed by atoms with Gasteiger partial charge in [-0.25, -0.2) is 4.98 Å². The van der Waals surface area contributed by atoms with Gasteiger partial charge in [0.1, 0.15) is 11.6 Å².